The molecule has 0 aliphatic heterocycles. The quantitative estimate of drug-likeness (QED) is 0.696. The molecule has 0 saturated carbocycles. The average molecular weight is 273 g/mol. The van der Waals surface area contributed by atoms with E-state index in [1.54, 1.807) is 6.92 Å². The summed E-state index contributed by atoms with van der Waals surface area (Å²) in [5.74, 6) is 0.904. The number of rotatable bonds is 9. The van der Waals surface area contributed by atoms with Gasteiger partial charge in [-0.15, -0.1) is 0 Å². The zero-order valence-electron chi connectivity index (χ0n) is 11.6. The van der Waals surface area contributed by atoms with Crippen molar-refractivity contribution in [1.82, 2.24) is 5.32 Å². The van der Waals surface area contributed by atoms with Gasteiger partial charge in [0.2, 0.25) is 5.91 Å². The van der Waals surface area contributed by atoms with Gasteiger partial charge in [0.25, 0.3) is 0 Å². The molecular weight excluding hydrogens is 250 g/mol. The van der Waals surface area contributed by atoms with Crippen molar-refractivity contribution in [3.8, 4) is 0 Å². The number of hydrogen-bond donors (Lipinski definition) is 1. The van der Waals surface area contributed by atoms with E-state index >= 15 is 0 Å². The minimum atomic E-state index is -0.367. The van der Waals surface area contributed by atoms with E-state index in [0.29, 0.717) is 17.9 Å². The summed E-state index contributed by atoms with van der Waals surface area (Å²) in [4.78, 5) is 33.9. The summed E-state index contributed by atoms with van der Waals surface area (Å²) in [5.41, 5.74) is 0. The molecule has 0 aromatic heterocycles. The smallest absolute Gasteiger partial charge is 0.230 e. The van der Waals surface area contributed by atoms with E-state index in [9.17, 15) is 14.4 Å². The molecular formula is C13H23NO3S. The molecule has 0 saturated heterocycles. The second kappa shape index (κ2) is 9.14. The number of carbonyl (C=O) groups is 3. The van der Waals surface area contributed by atoms with Crippen LogP contribution in [0.25, 0.3) is 0 Å². The third kappa shape index (κ3) is 7.48. The van der Waals surface area contributed by atoms with Crippen LogP contribution in [0.5, 0.6) is 0 Å². The van der Waals surface area contributed by atoms with Gasteiger partial charge in [-0.1, -0.05) is 20.3 Å². The molecule has 0 spiro atoms. The molecule has 0 fully saturated rings. The fourth-order valence-corrected chi connectivity index (χ4v) is 2.32. The van der Waals surface area contributed by atoms with Crippen molar-refractivity contribution >= 4 is 29.2 Å². The Kier molecular flexibility index (Phi) is 8.71. The van der Waals surface area contributed by atoms with Gasteiger partial charge in [-0.25, -0.2) is 0 Å². The van der Waals surface area contributed by atoms with Crippen LogP contribution in [0.3, 0.4) is 0 Å². The number of nitrogens with one attached hydrogen (secondary N) is 1. The number of amides is 1. The molecule has 0 aromatic carbocycles. The topological polar surface area (TPSA) is 63.2 Å². The molecule has 0 rings (SSSR count). The van der Waals surface area contributed by atoms with Gasteiger partial charge in [-0.2, -0.15) is 11.8 Å². The largest absolute Gasteiger partial charge is 0.346 e. The van der Waals surface area contributed by atoms with Crippen LogP contribution < -0.4 is 5.32 Å². The van der Waals surface area contributed by atoms with Crippen LogP contribution in [0.15, 0.2) is 0 Å². The SMILES string of the molecule is CCC[C@H](NC(=O)CSC[C@H](C)C(C)=O)C(C)=O. The van der Waals surface area contributed by atoms with Gasteiger partial charge in [0.15, 0.2) is 5.78 Å². The van der Waals surface area contributed by atoms with Gasteiger partial charge >= 0.3 is 0 Å². The molecule has 0 heterocycles. The van der Waals surface area contributed by atoms with Crippen molar-refractivity contribution in [3.63, 3.8) is 0 Å². The molecule has 0 aliphatic rings. The fraction of sp³-hybridized carbons (Fsp3) is 0.769. The van der Waals surface area contributed by atoms with E-state index in [0.717, 1.165) is 6.42 Å². The molecule has 5 heteroatoms. The van der Waals surface area contributed by atoms with Crippen molar-refractivity contribution < 1.29 is 14.4 Å². The second-order valence-electron chi connectivity index (χ2n) is 4.55. The average Bonchev–Trinajstić information content (AvgIpc) is 2.27. The molecule has 0 bridgehead atoms. The molecule has 2 atom stereocenters. The molecule has 0 aliphatic carbocycles. The van der Waals surface area contributed by atoms with Gasteiger partial charge in [0.05, 0.1) is 11.8 Å². The van der Waals surface area contributed by atoms with E-state index in [1.165, 1.54) is 18.7 Å². The van der Waals surface area contributed by atoms with Crippen molar-refractivity contribution in [1.29, 1.82) is 0 Å². The monoisotopic (exact) mass is 273 g/mol. The normalized spacial score (nSPS) is 13.8. The van der Waals surface area contributed by atoms with E-state index in [1.807, 2.05) is 13.8 Å². The Morgan fingerprint density at radius 2 is 1.78 bits per heavy atom. The second-order valence-corrected chi connectivity index (χ2v) is 5.58. The first kappa shape index (κ1) is 17.2. The summed E-state index contributed by atoms with van der Waals surface area (Å²) >= 11 is 1.43. The Balaban J connectivity index is 3.95. The molecule has 4 nitrogen and oxygen atoms in total. The molecule has 0 aromatic rings. The Labute approximate surface area is 113 Å². The maximum atomic E-state index is 11.6. The Bertz CT molecular complexity index is 305. The third-order valence-electron chi connectivity index (χ3n) is 2.70. The highest BCUT2D eigenvalue weighted by Crippen LogP contribution is 2.09. The third-order valence-corrected chi connectivity index (χ3v) is 3.90. The number of hydrogen-bond acceptors (Lipinski definition) is 4. The van der Waals surface area contributed by atoms with Crippen LogP contribution in [-0.4, -0.2) is 35.0 Å². The van der Waals surface area contributed by atoms with Crippen LogP contribution in [-0.2, 0) is 14.4 Å². The fourth-order valence-electron chi connectivity index (χ4n) is 1.35. The number of ketones is 2. The summed E-state index contributed by atoms with van der Waals surface area (Å²) in [5, 5.41) is 2.73. The number of thioether (sulfide) groups is 1. The Morgan fingerprint density at radius 1 is 1.17 bits per heavy atom. The number of carbonyl (C=O) groups excluding carboxylic acids is 3. The maximum absolute atomic E-state index is 11.6. The van der Waals surface area contributed by atoms with Crippen LogP contribution in [0.1, 0.15) is 40.5 Å². The molecule has 104 valence electrons. The van der Waals surface area contributed by atoms with Crippen molar-refractivity contribution in [3.05, 3.63) is 0 Å². The summed E-state index contributed by atoms with van der Waals surface area (Å²) < 4.78 is 0. The minimum absolute atomic E-state index is 0.00713. The molecule has 1 N–H and O–H groups in total. The summed E-state index contributed by atoms with van der Waals surface area (Å²) in [6.45, 7) is 6.87. The highest BCUT2D eigenvalue weighted by atomic mass is 32.2. The van der Waals surface area contributed by atoms with Gasteiger partial charge in [-0.3, -0.25) is 14.4 Å². The van der Waals surface area contributed by atoms with Gasteiger partial charge in [0, 0.05) is 11.7 Å². The lowest BCUT2D eigenvalue weighted by Gasteiger charge is -2.15. The summed E-state index contributed by atoms with van der Waals surface area (Å²) in [7, 11) is 0. The predicted octanol–water partition coefficient (Wildman–Crippen LogP) is 1.82. The van der Waals surface area contributed by atoms with E-state index in [2.05, 4.69) is 5.32 Å². The highest BCUT2D eigenvalue weighted by Gasteiger charge is 2.16. The van der Waals surface area contributed by atoms with Crippen LogP contribution in [0, 0.1) is 5.92 Å². The lowest BCUT2D eigenvalue weighted by atomic mass is 10.1. The van der Waals surface area contributed by atoms with Crippen molar-refractivity contribution in [2.75, 3.05) is 11.5 Å². The van der Waals surface area contributed by atoms with Gasteiger partial charge < -0.3 is 5.32 Å². The van der Waals surface area contributed by atoms with E-state index in [4.69, 9.17) is 0 Å². The van der Waals surface area contributed by atoms with E-state index < -0.39 is 0 Å². The zero-order chi connectivity index (χ0) is 14.1. The summed E-state index contributed by atoms with van der Waals surface area (Å²) in [6.07, 6.45) is 1.54. The van der Waals surface area contributed by atoms with Crippen LogP contribution in [0.2, 0.25) is 0 Å². The molecule has 0 unspecified atom stereocenters. The zero-order valence-corrected chi connectivity index (χ0v) is 12.4. The summed E-state index contributed by atoms with van der Waals surface area (Å²) in [6, 6.07) is -0.367. The van der Waals surface area contributed by atoms with E-state index in [-0.39, 0.29) is 29.4 Å². The first-order valence-corrected chi connectivity index (χ1v) is 7.41. The molecule has 18 heavy (non-hydrogen) atoms. The van der Waals surface area contributed by atoms with Gasteiger partial charge in [-0.05, 0) is 20.3 Å². The lowest BCUT2D eigenvalue weighted by molar-refractivity contribution is -0.125. The predicted molar refractivity (Wildman–Crippen MR) is 74.7 cm³/mol. The lowest BCUT2D eigenvalue weighted by Crippen LogP contribution is -2.40. The molecule has 1 amide bonds. The Hall–Kier alpha value is -0.840. The number of Topliss-reactive ketones (excluding diaryl/α,β-unsaturated/α-hetero) is 2. The Morgan fingerprint density at radius 3 is 2.22 bits per heavy atom. The minimum Gasteiger partial charge on any atom is -0.346 e. The van der Waals surface area contributed by atoms with Crippen molar-refractivity contribution in [2.24, 2.45) is 5.92 Å². The van der Waals surface area contributed by atoms with Crippen LogP contribution in [0.4, 0.5) is 0 Å². The first-order chi connectivity index (χ1) is 8.38. The standard InChI is InChI=1S/C13H23NO3S/c1-5-6-12(11(4)16)14-13(17)8-18-7-9(2)10(3)15/h9,12H,5-8H2,1-4H3,(H,14,17)/t9-,12-/m0/s1. The van der Waals surface area contributed by atoms with Gasteiger partial charge in [0.1, 0.15) is 5.78 Å². The van der Waals surface area contributed by atoms with Crippen LogP contribution >= 0.6 is 11.8 Å². The molecule has 0 radical (unpaired) electrons. The highest BCUT2D eigenvalue weighted by molar-refractivity contribution is 7.99. The maximum Gasteiger partial charge on any atom is 0.230 e. The van der Waals surface area contributed by atoms with Crippen molar-refractivity contribution in [2.45, 2.75) is 46.6 Å². The first-order valence-electron chi connectivity index (χ1n) is 6.26.